The summed E-state index contributed by atoms with van der Waals surface area (Å²) >= 11 is 4.24. The number of alkyl carbamates (subject to hydrolysis) is 1. The number of ether oxygens (including phenoxy) is 2. The van der Waals surface area contributed by atoms with Crippen LogP contribution < -0.4 is 5.32 Å². The van der Waals surface area contributed by atoms with Crippen LogP contribution in [-0.2, 0) is 14.3 Å². The second-order valence-corrected chi connectivity index (χ2v) is 5.99. The van der Waals surface area contributed by atoms with E-state index in [1.54, 1.807) is 20.8 Å². The molecular formula is C11H19NO4S. The first-order chi connectivity index (χ1) is 7.68. The molecule has 1 amide bonds. The molecule has 0 atom stereocenters. The molecule has 0 heterocycles. The highest BCUT2D eigenvalue weighted by Crippen LogP contribution is 2.37. The molecule has 1 aliphatic carbocycles. The van der Waals surface area contributed by atoms with Crippen LogP contribution in [0.5, 0.6) is 0 Å². The largest absolute Gasteiger partial charge is 0.467 e. The third kappa shape index (κ3) is 3.52. The molecule has 0 saturated heterocycles. The molecule has 0 aliphatic heterocycles. The van der Waals surface area contributed by atoms with Crippen molar-refractivity contribution in [1.29, 1.82) is 0 Å². The summed E-state index contributed by atoms with van der Waals surface area (Å²) in [5.41, 5.74) is -1.56. The van der Waals surface area contributed by atoms with Crippen molar-refractivity contribution < 1.29 is 19.1 Å². The van der Waals surface area contributed by atoms with E-state index < -0.39 is 23.2 Å². The van der Waals surface area contributed by atoms with Gasteiger partial charge in [0.05, 0.1) is 7.11 Å². The quantitative estimate of drug-likeness (QED) is 0.584. The number of rotatable bonds is 2. The first-order valence-corrected chi connectivity index (χ1v) is 5.98. The Bertz CT molecular complexity index is 318. The Morgan fingerprint density at radius 2 is 1.88 bits per heavy atom. The van der Waals surface area contributed by atoms with E-state index >= 15 is 0 Å². The Hall–Kier alpha value is -0.910. The highest BCUT2D eigenvalue weighted by molar-refractivity contribution is 7.81. The minimum Gasteiger partial charge on any atom is -0.467 e. The molecule has 0 aromatic heterocycles. The summed E-state index contributed by atoms with van der Waals surface area (Å²) in [5.74, 6) is -0.450. The third-order valence-corrected chi connectivity index (χ3v) is 2.85. The Balaban J connectivity index is 2.63. The van der Waals surface area contributed by atoms with E-state index in [4.69, 9.17) is 9.47 Å². The fourth-order valence-electron chi connectivity index (χ4n) is 1.76. The van der Waals surface area contributed by atoms with Gasteiger partial charge in [-0.1, -0.05) is 0 Å². The number of amides is 1. The minimum absolute atomic E-state index is 0.101. The van der Waals surface area contributed by atoms with Gasteiger partial charge in [0, 0.05) is 5.25 Å². The van der Waals surface area contributed by atoms with Gasteiger partial charge in [-0.05, 0) is 33.6 Å². The number of thiol groups is 1. The van der Waals surface area contributed by atoms with Gasteiger partial charge in [-0.15, -0.1) is 0 Å². The molecule has 5 nitrogen and oxygen atoms in total. The number of carbonyl (C=O) groups is 2. The summed E-state index contributed by atoms with van der Waals surface area (Å²) in [5, 5.41) is 2.68. The van der Waals surface area contributed by atoms with E-state index in [9.17, 15) is 9.59 Å². The predicted octanol–water partition coefficient (Wildman–Crippen LogP) is 1.52. The predicted molar refractivity (Wildman–Crippen MR) is 66.1 cm³/mol. The van der Waals surface area contributed by atoms with Crippen molar-refractivity contribution in [2.45, 2.75) is 50.0 Å². The van der Waals surface area contributed by atoms with Crippen molar-refractivity contribution in [3.8, 4) is 0 Å². The van der Waals surface area contributed by atoms with Gasteiger partial charge in [0.2, 0.25) is 0 Å². The summed E-state index contributed by atoms with van der Waals surface area (Å²) < 4.78 is 9.81. The van der Waals surface area contributed by atoms with Crippen molar-refractivity contribution in [2.24, 2.45) is 0 Å². The molecule has 6 heteroatoms. The molecule has 0 bridgehead atoms. The van der Waals surface area contributed by atoms with Crippen molar-refractivity contribution in [3.63, 3.8) is 0 Å². The first kappa shape index (κ1) is 14.2. The van der Waals surface area contributed by atoms with Gasteiger partial charge in [0.1, 0.15) is 11.1 Å². The van der Waals surface area contributed by atoms with Crippen molar-refractivity contribution in [1.82, 2.24) is 5.32 Å². The Kier molecular flexibility index (Phi) is 3.96. The molecule has 98 valence electrons. The lowest BCUT2D eigenvalue weighted by Crippen LogP contribution is -2.64. The van der Waals surface area contributed by atoms with Crippen LogP contribution in [0.1, 0.15) is 33.6 Å². The number of carbonyl (C=O) groups excluding carboxylic acids is 2. The second-order valence-electron chi connectivity index (χ2n) is 5.26. The average Bonchev–Trinajstić information content (AvgIpc) is 2.10. The van der Waals surface area contributed by atoms with Crippen LogP contribution in [0.25, 0.3) is 0 Å². The molecule has 1 saturated carbocycles. The van der Waals surface area contributed by atoms with Gasteiger partial charge in [0.15, 0.2) is 0 Å². The fraction of sp³-hybridized carbons (Fsp3) is 0.818. The van der Waals surface area contributed by atoms with Gasteiger partial charge in [-0.3, -0.25) is 0 Å². The van der Waals surface area contributed by atoms with Crippen LogP contribution >= 0.6 is 12.6 Å². The van der Waals surface area contributed by atoms with Crippen LogP contribution in [0.3, 0.4) is 0 Å². The lowest BCUT2D eigenvalue weighted by Gasteiger charge is -2.43. The van der Waals surface area contributed by atoms with Crippen molar-refractivity contribution in [3.05, 3.63) is 0 Å². The van der Waals surface area contributed by atoms with E-state index in [2.05, 4.69) is 17.9 Å². The zero-order valence-electron chi connectivity index (χ0n) is 10.6. The van der Waals surface area contributed by atoms with E-state index in [0.29, 0.717) is 12.8 Å². The maximum atomic E-state index is 11.6. The van der Waals surface area contributed by atoms with Crippen LogP contribution in [0.15, 0.2) is 0 Å². The lowest BCUT2D eigenvalue weighted by molar-refractivity contribution is -0.152. The standard InChI is InChI=1S/C11H19NO4S/c1-10(2,3)16-9(14)12-11(8(13)15-4)5-7(17)6-11/h7,17H,5-6H2,1-4H3,(H,12,14). The molecular weight excluding hydrogens is 242 g/mol. The highest BCUT2D eigenvalue weighted by Gasteiger charge is 2.51. The fourth-order valence-corrected chi connectivity index (χ4v) is 2.38. The molecule has 0 aromatic carbocycles. The second kappa shape index (κ2) is 4.76. The molecule has 0 radical (unpaired) electrons. The zero-order valence-corrected chi connectivity index (χ0v) is 11.5. The van der Waals surface area contributed by atoms with Crippen molar-refractivity contribution >= 4 is 24.7 Å². The summed E-state index contributed by atoms with van der Waals surface area (Å²) in [6.45, 7) is 5.29. The Labute approximate surface area is 107 Å². The Morgan fingerprint density at radius 1 is 1.35 bits per heavy atom. The molecule has 17 heavy (non-hydrogen) atoms. The summed E-state index contributed by atoms with van der Waals surface area (Å²) in [6, 6.07) is 0. The molecule has 0 spiro atoms. The van der Waals surface area contributed by atoms with Gasteiger partial charge >= 0.3 is 12.1 Å². The highest BCUT2D eigenvalue weighted by atomic mass is 32.1. The van der Waals surface area contributed by atoms with E-state index in [0.717, 1.165) is 0 Å². The van der Waals surface area contributed by atoms with Crippen LogP contribution in [0.4, 0.5) is 4.79 Å². The molecule has 0 unspecified atom stereocenters. The van der Waals surface area contributed by atoms with Gasteiger partial charge in [-0.2, -0.15) is 12.6 Å². The van der Waals surface area contributed by atoms with E-state index in [1.807, 2.05) is 0 Å². The number of nitrogens with one attached hydrogen (secondary N) is 1. The normalized spacial score (nSPS) is 27.9. The summed E-state index contributed by atoms with van der Waals surface area (Å²) in [4.78, 5) is 23.3. The Morgan fingerprint density at radius 3 is 2.24 bits per heavy atom. The van der Waals surface area contributed by atoms with Crippen LogP contribution in [-0.4, -0.2) is 35.6 Å². The SMILES string of the molecule is COC(=O)C1(NC(=O)OC(C)(C)C)CC(S)C1. The van der Waals surface area contributed by atoms with Crippen LogP contribution in [0, 0.1) is 0 Å². The van der Waals surface area contributed by atoms with Crippen molar-refractivity contribution in [2.75, 3.05) is 7.11 Å². The topological polar surface area (TPSA) is 64.6 Å². The minimum atomic E-state index is -0.969. The lowest BCUT2D eigenvalue weighted by atomic mass is 9.76. The van der Waals surface area contributed by atoms with E-state index in [1.165, 1.54) is 7.11 Å². The maximum Gasteiger partial charge on any atom is 0.408 e. The number of hydrogen-bond donors (Lipinski definition) is 2. The molecule has 1 aliphatic rings. The van der Waals surface area contributed by atoms with Gasteiger partial charge < -0.3 is 14.8 Å². The molecule has 0 aromatic rings. The smallest absolute Gasteiger partial charge is 0.408 e. The monoisotopic (exact) mass is 261 g/mol. The molecule has 1 rings (SSSR count). The summed E-state index contributed by atoms with van der Waals surface area (Å²) in [7, 11) is 1.30. The van der Waals surface area contributed by atoms with E-state index in [-0.39, 0.29) is 5.25 Å². The third-order valence-electron chi connectivity index (χ3n) is 2.48. The zero-order chi connectivity index (χ0) is 13.3. The van der Waals surface area contributed by atoms with Gasteiger partial charge in [-0.25, -0.2) is 9.59 Å². The number of hydrogen-bond acceptors (Lipinski definition) is 5. The summed E-state index contributed by atoms with van der Waals surface area (Å²) in [6.07, 6.45) is 0.312. The number of esters is 1. The maximum absolute atomic E-state index is 11.6. The first-order valence-electron chi connectivity index (χ1n) is 5.46. The molecule has 1 fully saturated rings. The van der Waals surface area contributed by atoms with Gasteiger partial charge in [0.25, 0.3) is 0 Å². The molecule has 1 N–H and O–H groups in total. The van der Waals surface area contributed by atoms with Crippen LogP contribution in [0.2, 0.25) is 0 Å². The average molecular weight is 261 g/mol. The number of methoxy groups -OCH3 is 1.